The molecule has 0 spiro atoms. The van der Waals surface area contributed by atoms with E-state index in [4.69, 9.17) is 5.26 Å². The van der Waals surface area contributed by atoms with Crippen LogP contribution in [-0.4, -0.2) is 15.0 Å². The van der Waals surface area contributed by atoms with Crippen LogP contribution >= 0.6 is 0 Å². The maximum Gasteiger partial charge on any atom is 0.331 e. The summed E-state index contributed by atoms with van der Waals surface area (Å²) in [5, 5.41) is 12.0. The van der Waals surface area contributed by atoms with E-state index in [1.54, 1.807) is 13.0 Å². The molecule has 2 rings (SSSR count). The highest BCUT2D eigenvalue weighted by atomic mass is 16.2. The monoisotopic (exact) mass is 354 g/mol. The molecule has 1 amide bonds. The molecule has 0 fully saturated rings. The Hall–Kier alpha value is -3.14. The minimum atomic E-state index is -0.752. The summed E-state index contributed by atoms with van der Waals surface area (Å²) in [6, 6.07) is 11.0. The number of benzene rings is 1. The summed E-state index contributed by atoms with van der Waals surface area (Å²) in [5.74, 6) is -0.333. The Balaban J connectivity index is 2.31. The quantitative estimate of drug-likeness (QED) is 0.848. The molecule has 1 unspecified atom stereocenters. The van der Waals surface area contributed by atoms with Crippen LogP contribution in [0.15, 0.2) is 46.1 Å². The molecule has 0 aliphatic rings. The van der Waals surface area contributed by atoms with Crippen LogP contribution in [0.1, 0.15) is 37.9 Å². The van der Waals surface area contributed by atoms with Crippen molar-refractivity contribution in [2.75, 3.05) is 0 Å². The van der Waals surface area contributed by atoms with Gasteiger partial charge in [-0.1, -0.05) is 44.2 Å². The number of carbonyl (C=O) groups is 1. The number of carbonyl (C=O) groups excluding carboxylic acids is 1. The Labute approximate surface area is 151 Å². The van der Waals surface area contributed by atoms with E-state index in [1.165, 1.54) is 10.8 Å². The third-order valence-corrected chi connectivity index (χ3v) is 4.14. The Morgan fingerprint density at radius 2 is 1.88 bits per heavy atom. The maximum atomic E-state index is 12.5. The largest absolute Gasteiger partial charge is 0.347 e. The molecule has 0 saturated carbocycles. The molecule has 0 aliphatic carbocycles. The van der Waals surface area contributed by atoms with E-state index in [9.17, 15) is 14.4 Å². The first-order valence-electron chi connectivity index (χ1n) is 8.47. The topological polar surface area (TPSA) is 96.9 Å². The van der Waals surface area contributed by atoms with Crippen LogP contribution in [0.5, 0.6) is 0 Å². The minimum Gasteiger partial charge on any atom is -0.347 e. The van der Waals surface area contributed by atoms with Gasteiger partial charge in [0.2, 0.25) is 5.91 Å². The fraction of sp³-hybridized carbons (Fsp3) is 0.368. The molecule has 1 aromatic carbocycles. The van der Waals surface area contributed by atoms with Gasteiger partial charge in [0, 0.05) is 12.7 Å². The summed E-state index contributed by atoms with van der Waals surface area (Å²) in [7, 11) is 0. The molecular formula is C19H22N4O3. The molecule has 0 saturated heterocycles. The Morgan fingerprint density at radius 1 is 1.23 bits per heavy atom. The number of hydrogen-bond donors (Lipinski definition) is 1. The number of rotatable bonds is 6. The fourth-order valence-electron chi connectivity index (χ4n) is 2.75. The van der Waals surface area contributed by atoms with Crippen molar-refractivity contribution in [3.8, 4) is 6.07 Å². The van der Waals surface area contributed by atoms with Gasteiger partial charge in [0.25, 0.3) is 5.56 Å². The van der Waals surface area contributed by atoms with Crippen molar-refractivity contribution in [2.24, 2.45) is 5.92 Å². The van der Waals surface area contributed by atoms with Crippen molar-refractivity contribution in [3.63, 3.8) is 0 Å². The van der Waals surface area contributed by atoms with Gasteiger partial charge in [-0.05, 0) is 18.4 Å². The lowest BCUT2D eigenvalue weighted by Crippen LogP contribution is -2.45. The number of hydrogen-bond acceptors (Lipinski definition) is 4. The molecule has 26 heavy (non-hydrogen) atoms. The maximum absolute atomic E-state index is 12.5. The number of nitrogens with zero attached hydrogens (tertiary/aromatic N) is 3. The summed E-state index contributed by atoms with van der Waals surface area (Å²) in [6.45, 7) is 5.55. The molecule has 1 heterocycles. The number of aromatic nitrogens is 2. The predicted octanol–water partition coefficient (Wildman–Crippen LogP) is 1.42. The fourth-order valence-corrected chi connectivity index (χ4v) is 2.75. The second-order valence-electron chi connectivity index (χ2n) is 6.31. The van der Waals surface area contributed by atoms with E-state index >= 15 is 0 Å². The molecule has 7 heteroatoms. The summed E-state index contributed by atoms with van der Waals surface area (Å²) in [5.41, 5.74) is -0.576. The van der Waals surface area contributed by atoms with Crippen molar-refractivity contribution in [2.45, 2.75) is 39.9 Å². The van der Waals surface area contributed by atoms with Gasteiger partial charge in [-0.15, -0.1) is 0 Å². The molecule has 1 atom stereocenters. The zero-order valence-corrected chi connectivity index (χ0v) is 15.1. The summed E-state index contributed by atoms with van der Waals surface area (Å²) in [6.07, 6.45) is 1.22. The van der Waals surface area contributed by atoms with Crippen molar-refractivity contribution in [1.82, 2.24) is 14.5 Å². The van der Waals surface area contributed by atoms with Gasteiger partial charge in [0.1, 0.15) is 18.2 Å². The molecular weight excluding hydrogens is 332 g/mol. The third-order valence-electron chi connectivity index (χ3n) is 4.14. The standard InChI is InChI=1S/C19H22N4O3/c1-4-22-11-15(10-20)18(25)23(19(22)26)12-16(24)21-17(13(2)3)14-8-6-5-7-9-14/h5-9,11,13,17H,4,12H2,1-3H3,(H,21,24). The number of nitrogens with one attached hydrogen (secondary N) is 1. The van der Waals surface area contributed by atoms with Crippen LogP contribution in [0.25, 0.3) is 0 Å². The van der Waals surface area contributed by atoms with Crippen LogP contribution < -0.4 is 16.6 Å². The smallest absolute Gasteiger partial charge is 0.331 e. The van der Waals surface area contributed by atoms with Crippen molar-refractivity contribution < 1.29 is 4.79 Å². The van der Waals surface area contributed by atoms with E-state index < -0.39 is 23.7 Å². The first-order valence-corrected chi connectivity index (χ1v) is 8.47. The average molecular weight is 354 g/mol. The zero-order chi connectivity index (χ0) is 19.3. The third kappa shape index (κ3) is 4.09. The van der Waals surface area contributed by atoms with Crippen LogP contribution in [0, 0.1) is 17.2 Å². The lowest BCUT2D eigenvalue weighted by atomic mass is 9.96. The lowest BCUT2D eigenvalue weighted by molar-refractivity contribution is -0.122. The molecule has 136 valence electrons. The van der Waals surface area contributed by atoms with Crippen LogP contribution in [0.3, 0.4) is 0 Å². The second kappa shape index (κ2) is 8.30. The molecule has 0 aliphatic heterocycles. The lowest BCUT2D eigenvalue weighted by Gasteiger charge is -2.23. The Morgan fingerprint density at radius 3 is 2.42 bits per heavy atom. The Kier molecular flexibility index (Phi) is 6.12. The highest BCUT2D eigenvalue weighted by molar-refractivity contribution is 5.76. The van der Waals surface area contributed by atoms with Crippen LogP contribution in [-0.2, 0) is 17.9 Å². The highest BCUT2D eigenvalue weighted by Crippen LogP contribution is 2.21. The van der Waals surface area contributed by atoms with Crippen molar-refractivity contribution in [1.29, 1.82) is 5.26 Å². The predicted molar refractivity (Wildman–Crippen MR) is 97.5 cm³/mol. The van der Waals surface area contributed by atoms with Crippen LogP contribution in [0.2, 0.25) is 0 Å². The molecule has 2 aromatic rings. The van der Waals surface area contributed by atoms with E-state index in [0.29, 0.717) is 6.54 Å². The second-order valence-corrected chi connectivity index (χ2v) is 6.31. The summed E-state index contributed by atoms with van der Waals surface area (Å²) < 4.78 is 2.05. The first kappa shape index (κ1) is 19.2. The van der Waals surface area contributed by atoms with Gasteiger partial charge >= 0.3 is 5.69 Å². The summed E-state index contributed by atoms with van der Waals surface area (Å²) >= 11 is 0. The molecule has 1 N–H and O–H groups in total. The van der Waals surface area contributed by atoms with Crippen LogP contribution in [0.4, 0.5) is 0 Å². The van der Waals surface area contributed by atoms with E-state index in [-0.39, 0.29) is 17.5 Å². The van der Waals surface area contributed by atoms with Gasteiger partial charge in [0.05, 0.1) is 6.04 Å². The van der Waals surface area contributed by atoms with Gasteiger partial charge in [0.15, 0.2) is 0 Å². The SMILES string of the molecule is CCn1cc(C#N)c(=O)n(CC(=O)NC(c2ccccc2)C(C)C)c1=O. The minimum absolute atomic E-state index is 0.121. The van der Waals surface area contributed by atoms with Gasteiger partial charge in [-0.2, -0.15) is 5.26 Å². The van der Waals surface area contributed by atoms with E-state index in [0.717, 1.165) is 10.1 Å². The van der Waals surface area contributed by atoms with Gasteiger partial charge < -0.3 is 5.32 Å². The molecule has 0 radical (unpaired) electrons. The number of amides is 1. The van der Waals surface area contributed by atoms with Gasteiger partial charge in [-0.3, -0.25) is 14.2 Å². The highest BCUT2D eigenvalue weighted by Gasteiger charge is 2.20. The number of aryl methyl sites for hydroxylation is 1. The number of nitriles is 1. The Bertz CT molecular complexity index is 936. The summed E-state index contributed by atoms with van der Waals surface area (Å²) in [4.78, 5) is 37.1. The van der Waals surface area contributed by atoms with Gasteiger partial charge in [-0.25, -0.2) is 9.36 Å². The molecule has 1 aromatic heterocycles. The zero-order valence-electron chi connectivity index (χ0n) is 15.1. The normalized spacial score (nSPS) is 11.8. The van der Waals surface area contributed by atoms with E-state index in [2.05, 4.69) is 5.32 Å². The van der Waals surface area contributed by atoms with Crippen molar-refractivity contribution >= 4 is 5.91 Å². The average Bonchev–Trinajstić information content (AvgIpc) is 2.64. The molecule has 7 nitrogen and oxygen atoms in total. The van der Waals surface area contributed by atoms with E-state index in [1.807, 2.05) is 44.2 Å². The van der Waals surface area contributed by atoms with Crippen molar-refractivity contribution in [3.05, 3.63) is 68.5 Å². The first-order chi connectivity index (χ1) is 12.4. The molecule has 0 bridgehead atoms.